The quantitative estimate of drug-likeness (QED) is 0.619. The maximum absolute atomic E-state index is 11.5. The molecule has 1 aromatic heterocycles. The fraction of sp³-hybridized carbons (Fsp3) is 0.200. The van der Waals surface area contributed by atoms with Crippen LogP contribution in [0.5, 0.6) is 5.75 Å². The van der Waals surface area contributed by atoms with Gasteiger partial charge in [-0.3, -0.25) is 10.1 Å². The Kier molecular flexibility index (Phi) is 3.86. The number of nitrogens with two attached hydrogens (primary N) is 1. The van der Waals surface area contributed by atoms with Crippen LogP contribution < -0.4 is 9.88 Å². The summed E-state index contributed by atoms with van der Waals surface area (Å²) in [5.41, 5.74) is -0.417. The maximum Gasteiger partial charge on any atom is 0.271 e. The molecule has 2 rings (SSSR count). The van der Waals surface area contributed by atoms with Crippen LogP contribution in [0.4, 0.5) is 5.69 Å². The summed E-state index contributed by atoms with van der Waals surface area (Å²) in [6.07, 6.45) is 0. The lowest BCUT2D eigenvalue weighted by atomic mass is 10.3. The summed E-state index contributed by atoms with van der Waals surface area (Å²) in [7, 11) is -4.18. The molecule has 0 aliphatic carbocycles. The molecular weight excluding hydrogens is 304 g/mol. The van der Waals surface area contributed by atoms with Crippen molar-refractivity contribution in [3.8, 4) is 5.75 Å². The standard InChI is InChI=1S/C10H10N4O6S/c1-6-12-10(20-13-6)5-19-8-3-2-7(14(15)16)4-9(8)21(11,17)18/h2-4H,5H2,1H3,(H2,11,17,18). The molecule has 1 heterocycles. The van der Waals surface area contributed by atoms with E-state index in [1.807, 2.05) is 0 Å². The van der Waals surface area contributed by atoms with Gasteiger partial charge in [-0.2, -0.15) is 4.98 Å². The van der Waals surface area contributed by atoms with Crippen molar-refractivity contribution in [1.82, 2.24) is 10.1 Å². The molecule has 0 spiro atoms. The van der Waals surface area contributed by atoms with Crippen molar-refractivity contribution in [2.45, 2.75) is 18.4 Å². The first-order valence-electron chi connectivity index (χ1n) is 5.50. The number of aromatic nitrogens is 2. The highest BCUT2D eigenvalue weighted by Crippen LogP contribution is 2.28. The Labute approximate surface area is 118 Å². The van der Waals surface area contributed by atoms with Crippen LogP contribution in [0.2, 0.25) is 0 Å². The van der Waals surface area contributed by atoms with E-state index in [9.17, 15) is 18.5 Å². The Hall–Kier alpha value is -2.53. The summed E-state index contributed by atoms with van der Waals surface area (Å²) in [6, 6.07) is 3.06. The lowest BCUT2D eigenvalue weighted by Crippen LogP contribution is -2.14. The fourth-order valence-corrected chi connectivity index (χ4v) is 2.18. The fourth-order valence-electron chi connectivity index (χ4n) is 1.49. The number of sulfonamides is 1. The molecule has 0 radical (unpaired) electrons. The second-order valence-corrected chi connectivity index (χ2v) is 5.49. The molecule has 0 saturated heterocycles. The first kappa shape index (κ1) is 14.9. The van der Waals surface area contributed by atoms with Gasteiger partial charge >= 0.3 is 0 Å². The summed E-state index contributed by atoms with van der Waals surface area (Å²) >= 11 is 0. The number of hydrogen-bond acceptors (Lipinski definition) is 8. The molecule has 11 heteroatoms. The molecule has 0 atom stereocenters. The zero-order valence-corrected chi connectivity index (χ0v) is 11.5. The summed E-state index contributed by atoms with van der Waals surface area (Å²) in [5.74, 6) is 0.383. The minimum atomic E-state index is -4.18. The molecule has 0 unspecified atom stereocenters. The van der Waals surface area contributed by atoms with E-state index in [2.05, 4.69) is 10.1 Å². The Balaban J connectivity index is 2.32. The van der Waals surface area contributed by atoms with Gasteiger partial charge in [0.05, 0.1) is 4.92 Å². The van der Waals surface area contributed by atoms with Gasteiger partial charge in [0, 0.05) is 12.1 Å². The second-order valence-electron chi connectivity index (χ2n) is 3.96. The average molecular weight is 314 g/mol. The Morgan fingerprint density at radius 3 is 2.71 bits per heavy atom. The van der Waals surface area contributed by atoms with Crippen LogP contribution in [0.15, 0.2) is 27.6 Å². The molecule has 1 aromatic carbocycles. The topological polar surface area (TPSA) is 151 Å². The first-order chi connectivity index (χ1) is 9.77. The summed E-state index contributed by atoms with van der Waals surface area (Å²) in [6.45, 7) is 1.41. The van der Waals surface area contributed by atoms with Crippen LogP contribution in [0.1, 0.15) is 11.7 Å². The molecule has 0 aliphatic rings. The number of nitrogens with zero attached hydrogens (tertiary/aromatic N) is 3. The van der Waals surface area contributed by atoms with Crippen molar-refractivity contribution in [3.63, 3.8) is 0 Å². The van der Waals surface area contributed by atoms with Gasteiger partial charge in [-0.25, -0.2) is 13.6 Å². The molecule has 0 fully saturated rings. The minimum absolute atomic E-state index is 0.131. The number of non-ortho nitro benzene ring substituents is 1. The Morgan fingerprint density at radius 1 is 1.48 bits per heavy atom. The van der Waals surface area contributed by atoms with Crippen molar-refractivity contribution < 1.29 is 22.6 Å². The number of rotatable bonds is 5. The predicted octanol–water partition coefficient (Wildman–Crippen LogP) is 0.513. The number of primary sulfonamides is 1. The number of benzene rings is 1. The minimum Gasteiger partial charge on any atom is -0.482 e. The smallest absolute Gasteiger partial charge is 0.271 e. The third-order valence-corrected chi connectivity index (χ3v) is 3.30. The monoisotopic (exact) mass is 314 g/mol. The molecule has 21 heavy (non-hydrogen) atoms. The van der Waals surface area contributed by atoms with E-state index in [-0.39, 0.29) is 18.2 Å². The third kappa shape index (κ3) is 3.52. The normalized spacial score (nSPS) is 11.3. The molecule has 112 valence electrons. The SMILES string of the molecule is Cc1noc(COc2ccc([N+](=O)[O-])cc2S(N)(=O)=O)n1. The number of ether oxygens (including phenoxy) is 1. The van der Waals surface area contributed by atoms with E-state index >= 15 is 0 Å². The van der Waals surface area contributed by atoms with Crippen LogP contribution in [0.3, 0.4) is 0 Å². The molecule has 2 N–H and O–H groups in total. The van der Waals surface area contributed by atoms with E-state index < -0.39 is 25.5 Å². The number of nitro groups is 1. The third-order valence-electron chi connectivity index (χ3n) is 2.37. The summed E-state index contributed by atoms with van der Waals surface area (Å²) in [4.78, 5) is 13.3. The van der Waals surface area contributed by atoms with Crippen molar-refractivity contribution in [1.29, 1.82) is 0 Å². The highest BCUT2D eigenvalue weighted by atomic mass is 32.2. The molecular formula is C10H10N4O6S. The molecule has 0 amide bonds. The molecule has 2 aromatic rings. The average Bonchev–Trinajstić information content (AvgIpc) is 2.81. The van der Waals surface area contributed by atoms with Crippen LogP contribution >= 0.6 is 0 Å². The van der Waals surface area contributed by atoms with Gasteiger partial charge in [0.25, 0.3) is 11.6 Å². The number of nitro benzene ring substituents is 1. The molecule has 0 bridgehead atoms. The van der Waals surface area contributed by atoms with E-state index in [1.165, 1.54) is 0 Å². The lowest BCUT2D eigenvalue weighted by molar-refractivity contribution is -0.385. The maximum atomic E-state index is 11.5. The molecule has 0 aliphatic heterocycles. The van der Waals surface area contributed by atoms with Gasteiger partial charge in [-0.05, 0) is 13.0 Å². The zero-order chi connectivity index (χ0) is 15.6. The van der Waals surface area contributed by atoms with Gasteiger partial charge in [-0.15, -0.1) is 0 Å². The summed E-state index contributed by atoms with van der Waals surface area (Å²) in [5, 5.41) is 19.2. The van der Waals surface area contributed by atoms with E-state index in [4.69, 9.17) is 14.4 Å². The van der Waals surface area contributed by atoms with Crippen molar-refractivity contribution >= 4 is 15.7 Å². The second kappa shape index (κ2) is 5.46. The Bertz CT molecular complexity index is 785. The van der Waals surface area contributed by atoms with E-state index in [0.717, 1.165) is 18.2 Å². The van der Waals surface area contributed by atoms with Crippen molar-refractivity contribution in [3.05, 3.63) is 40.0 Å². The summed E-state index contributed by atoms with van der Waals surface area (Å²) < 4.78 is 33.0. The van der Waals surface area contributed by atoms with Crippen LogP contribution in [0.25, 0.3) is 0 Å². The van der Waals surface area contributed by atoms with Gasteiger partial charge in [-0.1, -0.05) is 5.16 Å². The van der Waals surface area contributed by atoms with Crippen LogP contribution in [-0.4, -0.2) is 23.5 Å². The van der Waals surface area contributed by atoms with Crippen molar-refractivity contribution in [2.24, 2.45) is 5.14 Å². The lowest BCUT2D eigenvalue weighted by Gasteiger charge is -2.08. The van der Waals surface area contributed by atoms with Gasteiger partial charge in [0.1, 0.15) is 10.6 Å². The number of aryl methyl sites for hydroxylation is 1. The van der Waals surface area contributed by atoms with Gasteiger partial charge in [0.2, 0.25) is 10.0 Å². The van der Waals surface area contributed by atoms with Gasteiger partial charge < -0.3 is 9.26 Å². The van der Waals surface area contributed by atoms with Crippen LogP contribution in [-0.2, 0) is 16.6 Å². The van der Waals surface area contributed by atoms with Gasteiger partial charge in [0.15, 0.2) is 12.4 Å². The predicted molar refractivity (Wildman–Crippen MR) is 67.8 cm³/mol. The highest BCUT2D eigenvalue weighted by Gasteiger charge is 2.20. The van der Waals surface area contributed by atoms with E-state index in [1.54, 1.807) is 6.92 Å². The number of hydrogen-bond donors (Lipinski definition) is 1. The Morgan fingerprint density at radius 2 is 2.19 bits per heavy atom. The van der Waals surface area contributed by atoms with Crippen molar-refractivity contribution in [2.75, 3.05) is 0 Å². The molecule has 10 nitrogen and oxygen atoms in total. The zero-order valence-electron chi connectivity index (χ0n) is 10.7. The highest BCUT2D eigenvalue weighted by molar-refractivity contribution is 7.89. The van der Waals surface area contributed by atoms with Crippen LogP contribution in [0, 0.1) is 17.0 Å². The largest absolute Gasteiger partial charge is 0.482 e. The molecule has 0 saturated carbocycles. The first-order valence-corrected chi connectivity index (χ1v) is 7.05. The van der Waals surface area contributed by atoms with E-state index in [0.29, 0.717) is 5.82 Å².